The maximum Gasteiger partial charge on any atom is 0.329 e. The molecule has 3 rings (SSSR count). The first-order valence-corrected chi connectivity index (χ1v) is 8.07. The van der Waals surface area contributed by atoms with Gasteiger partial charge in [0, 0.05) is 5.69 Å². The van der Waals surface area contributed by atoms with E-state index in [1.165, 1.54) is 37.3 Å². The molecule has 1 heterocycles. The normalized spacial score (nSPS) is 13.9. The minimum atomic E-state index is -1.20. The molecule has 0 radical (unpaired) electrons. The van der Waals surface area contributed by atoms with Gasteiger partial charge in [-0.1, -0.05) is 18.2 Å². The number of nitrogens with zero attached hydrogens (tertiary/aromatic N) is 1. The van der Waals surface area contributed by atoms with Gasteiger partial charge in [0.1, 0.15) is 11.9 Å². The summed E-state index contributed by atoms with van der Waals surface area (Å²) in [5, 5.41) is 2.37. The summed E-state index contributed by atoms with van der Waals surface area (Å²) in [5.74, 6) is -3.29. The molecule has 138 valence electrons. The van der Waals surface area contributed by atoms with Gasteiger partial charge >= 0.3 is 5.97 Å². The number of hydrogen-bond donors (Lipinski definition) is 1. The van der Waals surface area contributed by atoms with E-state index in [-0.39, 0.29) is 16.8 Å². The van der Waals surface area contributed by atoms with Gasteiger partial charge in [0.25, 0.3) is 17.7 Å². The average Bonchev–Trinajstić information content (AvgIpc) is 2.90. The van der Waals surface area contributed by atoms with Crippen molar-refractivity contribution in [2.45, 2.75) is 13.0 Å². The van der Waals surface area contributed by atoms with Crippen LogP contribution in [0.1, 0.15) is 27.6 Å². The lowest BCUT2D eigenvalue weighted by molar-refractivity contribution is -0.150. The van der Waals surface area contributed by atoms with Gasteiger partial charge in [-0.15, -0.1) is 0 Å². The number of amides is 3. The van der Waals surface area contributed by atoms with Gasteiger partial charge in [-0.05, 0) is 37.3 Å². The van der Waals surface area contributed by atoms with Gasteiger partial charge < -0.3 is 10.1 Å². The largest absolute Gasteiger partial charge is 0.454 e. The lowest BCUT2D eigenvalue weighted by Gasteiger charge is -2.20. The third-order valence-corrected chi connectivity index (χ3v) is 4.01. The molecule has 0 aliphatic carbocycles. The number of fused-ring (bicyclic) bond motifs is 1. The number of nitrogens with one attached hydrogen (secondary N) is 1. The van der Waals surface area contributed by atoms with E-state index in [0.717, 1.165) is 11.0 Å². The Kier molecular flexibility index (Phi) is 4.98. The zero-order valence-corrected chi connectivity index (χ0v) is 14.3. The molecule has 0 spiro atoms. The Balaban J connectivity index is 1.59. The molecule has 1 aliphatic rings. The fraction of sp³-hybridized carbons (Fsp3) is 0.158. The highest BCUT2D eigenvalue weighted by Crippen LogP contribution is 2.24. The Hall–Kier alpha value is -3.55. The Bertz CT molecular complexity index is 908. The minimum Gasteiger partial charge on any atom is -0.454 e. The van der Waals surface area contributed by atoms with E-state index in [9.17, 15) is 23.6 Å². The molecular formula is C19H15FN2O5. The van der Waals surface area contributed by atoms with Crippen LogP contribution >= 0.6 is 0 Å². The first-order valence-electron chi connectivity index (χ1n) is 8.07. The summed E-state index contributed by atoms with van der Waals surface area (Å²) < 4.78 is 18.0. The molecule has 2 aromatic carbocycles. The maximum atomic E-state index is 13.1. The summed E-state index contributed by atoms with van der Waals surface area (Å²) in [7, 11) is 0. The molecule has 2 aromatic rings. The Morgan fingerprint density at radius 2 is 1.70 bits per heavy atom. The predicted octanol–water partition coefficient (Wildman–Crippen LogP) is 1.99. The third-order valence-electron chi connectivity index (χ3n) is 4.01. The van der Waals surface area contributed by atoms with Crippen LogP contribution in [0.15, 0.2) is 48.5 Å². The van der Waals surface area contributed by atoms with Crippen LogP contribution < -0.4 is 5.32 Å². The molecule has 1 aliphatic heterocycles. The van der Waals surface area contributed by atoms with Gasteiger partial charge in [-0.2, -0.15) is 0 Å². The van der Waals surface area contributed by atoms with Crippen molar-refractivity contribution < 1.29 is 28.3 Å². The maximum absolute atomic E-state index is 13.1. The van der Waals surface area contributed by atoms with Gasteiger partial charge in [0.2, 0.25) is 0 Å². The van der Waals surface area contributed by atoms with Crippen LogP contribution in [0.2, 0.25) is 0 Å². The molecule has 27 heavy (non-hydrogen) atoms. The minimum absolute atomic E-state index is 0.212. The Labute approximate surface area is 153 Å². The zero-order chi connectivity index (χ0) is 19.6. The zero-order valence-electron chi connectivity index (χ0n) is 14.3. The molecule has 1 atom stereocenters. The highest BCUT2D eigenvalue weighted by Gasteiger charge is 2.41. The van der Waals surface area contributed by atoms with Gasteiger partial charge in [0.05, 0.1) is 11.1 Å². The van der Waals surface area contributed by atoms with Crippen LogP contribution in [0.25, 0.3) is 0 Å². The van der Waals surface area contributed by atoms with Crippen LogP contribution in [-0.2, 0) is 14.3 Å². The first-order chi connectivity index (χ1) is 12.9. The van der Waals surface area contributed by atoms with E-state index < -0.39 is 42.2 Å². The molecular weight excluding hydrogens is 355 g/mol. The smallest absolute Gasteiger partial charge is 0.329 e. The summed E-state index contributed by atoms with van der Waals surface area (Å²) in [5.41, 5.74) is 0.640. The van der Waals surface area contributed by atoms with Crippen molar-refractivity contribution in [1.29, 1.82) is 0 Å². The number of esters is 1. The summed E-state index contributed by atoms with van der Waals surface area (Å²) in [6, 6.07) is 10.3. The second kappa shape index (κ2) is 7.36. The fourth-order valence-electron chi connectivity index (χ4n) is 2.69. The van der Waals surface area contributed by atoms with Crippen LogP contribution in [0.5, 0.6) is 0 Å². The van der Waals surface area contributed by atoms with Crippen molar-refractivity contribution >= 4 is 29.4 Å². The van der Waals surface area contributed by atoms with Gasteiger partial charge in [0.15, 0.2) is 6.61 Å². The molecule has 8 heteroatoms. The number of benzene rings is 2. The molecule has 0 saturated heterocycles. The van der Waals surface area contributed by atoms with E-state index in [1.807, 2.05) is 0 Å². The highest BCUT2D eigenvalue weighted by molar-refractivity contribution is 6.22. The van der Waals surface area contributed by atoms with E-state index in [0.29, 0.717) is 0 Å². The number of carbonyl (C=O) groups is 4. The van der Waals surface area contributed by atoms with Crippen LogP contribution in [0, 0.1) is 5.82 Å². The third kappa shape index (κ3) is 3.69. The second-order valence-electron chi connectivity index (χ2n) is 5.87. The standard InChI is InChI=1S/C19H15FN2O5/c1-11(22-17(24)14-7-2-3-8-15(14)18(22)25)19(26)27-10-16(23)21-13-6-4-5-12(20)9-13/h2-9,11H,10H2,1H3,(H,21,23)/t11-/m0/s1. The molecule has 0 bridgehead atoms. The SMILES string of the molecule is C[C@@H](C(=O)OCC(=O)Nc1cccc(F)c1)N1C(=O)c2ccccc2C1=O. The molecule has 3 amide bonds. The predicted molar refractivity (Wildman–Crippen MR) is 92.4 cm³/mol. The van der Waals surface area contributed by atoms with Crippen molar-refractivity contribution in [3.05, 3.63) is 65.5 Å². The van der Waals surface area contributed by atoms with Crippen molar-refractivity contribution in [2.24, 2.45) is 0 Å². The number of imide groups is 1. The Morgan fingerprint density at radius 1 is 1.07 bits per heavy atom. The lowest BCUT2D eigenvalue weighted by atomic mass is 10.1. The quantitative estimate of drug-likeness (QED) is 0.642. The number of anilines is 1. The number of halogens is 1. The molecule has 0 saturated carbocycles. The van der Waals surface area contributed by atoms with E-state index in [2.05, 4.69) is 5.32 Å². The number of hydrogen-bond acceptors (Lipinski definition) is 5. The highest BCUT2D eigenvalue weighted by atomic mass is 19.1. The monoisotopic (exact) mass is 370 g/mol. The molecule has 1 N–H and O–H groups in total. The van der Waals surface area contributed by atoms with E-state index in [1.54, 1.807) is 12.1 Å². The fourth-order valence-corrected chi connectivity index (χ4v) is 2.69. The van der Waals surface area contributed by atoms with Gasteiger partial charge in [-0.3, -0.25) is 19.3 Å². The lowest BCUT2D eigenvalue weighted by Crippen LogP contribution is -2.44. The van der Waals surface area contributed by atoms with Crippen molar-refractivity contribution in [1.82, 2.24) is 4.90 Å². The summed E-state index contributed by atoms with van der Waals surface area (Å²) in [6.07, 6.45) is 0. The first kappa shape index (κ1) is 18.2. The number of carbonyl (C=O) groups excluding carboxylic acids is 4. The van der Waals surface area contributed by atoms with Crippen LogP contribution in [0.4, 0.5) is 10.1 Å². The molecule has 7 nitrogen and oxygen atoms in total. The molecule has 0 aromatic heterocycles. The topological polar surface area (TPSA) is 92.8 Å². The van der Waals surface area contributed by atoms with Crippen molar-refractivity contribution in [2.75, 3.05) is 11.9 Å². The average molecular weight is 370 g/mol. The summed E-state index contributed by atoms with van der Waals surface area (Å²) in [6.45, 7) is 0.706. The molecule has 0 unspecified atom stereocenters. The summed E-state index contributed by atoms with van der Waals surface area (Å²) in [4.78, 5) is 49.5. The van der Waals surface area contributed by atoms with Crippen LogP contribution in [0.3, 0.4) is 0 Å². The van der Waals surface area contributed by atoms with Crippen molar-refractivity contribution in [3.8, 4) is 0 Å². The van der Waals surface area contributed by atoms with E-state index in [4.69, 9.17) is 4.74 Å². The van der Waals surface area contributed by atoms with Crippen LogP contribution in [-0.4, -0.2) is 41.2 Å². The number of rotatable bonds is 5. The summed E-state index contributed by atoms with van der Waals surface area (Å²) >= 11 is 0. The van der Waals surface area contributed by atoms with Crippen molar-refractivity contribution in [3.63, 3.8) is 0 Å². The Morgan fingerprint density at radius 3 is 2.30 bits per heavy atom. The molecule has 0 fully saturated rings. The second-order valence-corrected chi connectivity index (χ2v) is 5.87. The van der Waals surface area contributed by atoms with Gasteiger partial charge in [-0.25, -0.2) is 9.18 Å². The number of ether oxygens (including phenoxy) is 1. The van der Waals surface area contributed by atoms with E-state index >= 15 is 0 Å².